The zero-order valence-corrected chi connectivity index (χ0v) is 14.2. The maximum Gasteiger partial charge on any atom is 0.471 e. The normalized spacial score (nSPS) is 14.5. The third-order valence-corrected chi connectivity index (χ3v) is 5.37. The molecule has 26 heavy (non-hydrogen) atoms. The van der Waals surface area contributed by atoms with Gasteiger partial charge in [-0.3, -0.25) is 14.9 Å². The summed E-state index contributed by atoms with van der Waals surface area (Å²) in [5, 5.41) is 11.1. The fourth-order valence-corrected chi connectivity index (χ4v) is 4.47. The van der Waals surface area contributed by atoms with Crippen molar-refractivity contribution in [3.8, 4) is 0 Å². The maximum atomic E-state index is 12.7. The van der Waals surface area contributed by atoms with Gasteiger partial charge >= 0.3 is 12.1 Å². The van der Waals surface area contributed by atoms with E-state index >= 15 is 0 Å². The Morgan fingerprint density at radius 1 is 1.27 bits per heavy atom. The summed E-state index contributed by atoms with van der Waals surface area (Å²) < 4.78 is 62.2. The largest absolute Gasteiger partial charge is 0.471 e. The topological polar surface area (TPSA) is 97.6 Å². The number of rotatable bonds is 2. The molecule has 0 fully saturated rings. The second kappa shape index (κ2) is 5.81. The zero-order valence-electron chi connectivity index (χ0n) is 12.6. The minimum atomic E-state index is -5.13. The fourth-order valence-electron chi connectivity index (χ4n) is 3.01. The Morgan fingerprint density at radius 2 is 1.92 bits per heavy atom. The van der Waals surface area contributed by atoms with Crippen molar-refractivity contribution in [2.45, 2.75) is 24.2 Å². The van der Waals surface area contributed by atoms with E-state index in [0.29, 0.717) is 4.90 Å². The molecule has 1 aliphatic heterocycles. The van der Waals surface area contributed by atoms with Crippen LogP contribution in [0.25, 0.3) is 10.8 Å². The van der Waals surface area contributed by atoms with Gasteiger partial charge < -0.3 is 4.90 Å². The van der Waals surface area contributed by atoms with E-state index in [4.69, 9.17) is 10.7 Å². The Hall–Kier alpha value is -2.40. The van der Waals surface area contributed by atoms with Gasteiger partial charge in [-0.25, -0.2) is 8.42 Å². The standard InChI is InChI=1S/C14H8ClF3N2O5S/c15-26(24,25)12-9-6-19(13(21)14(16,17)18)5-8(9)4-7-2-1-3-10(11(7)12)20(22)23/h1-4H,5-6H2. The number of carbonyl (C=O) groups is 1. The van der Waals surface area contributed by atoms with E-state index < -0.39 is 49.7 Å². The van der Waals surface area contributed by atoms with Crippen LogP contribution in [0.2, 0.25) is 0 Å². The van der Waals surface area contributed by atoms with E-state index in [9.17, 15) is 36.5 Å². The zero-order chi connectivity index (χ0) is 19.4. The molecule has 0 bridgehead atoms. The molecule has 0 spiro atoms. The SMILES string of the molecule is O=C(N1Cc2cc3cccc([N+](=O)[O-])c3c(S(=O)(=O)Cl)c2C1)C(F)(F)F. The van der Waals surface area contributed by atoms with Crippen LogP contribution in [0.3, 0.4) is 0 Å². The van der Waals surface area contributed by atoms with Crippen molar-refractivity contribution in [1.29, 1.82) is 0 Å². The smallest absolute Gasteiger partial charge is 0.326 e. The predicted molar refractivity (Wildman–Crippen MR) is 84.0 cm³/mol. The Bertz CT molecular complexity index is 1070. The van der Waals surface area contributed by atoms with Gasteiger partial charge in [-0.1, -0.05) is 12.1 Å². The number of hydrogen-bond acceptors (Lipinski definition) is 5. The molecule has 138 valence electrons. The predicted octanol–water partition coefficient (Wildman–Crippen LogP) is 3.08. The van der Waals surface area contributed by atoms with Gasteiger partial charge in [0.1, 0.15) is 4.90 Å². The highest BCUT2D eigenvalue weighted by molar-refractivity contribution is 8.14. The van der Waals surface area contributed by atoms with E-state index in [1.165, 1.54) is 18.2 Å². The molecule has 0 aliphatic carbocycles. The molecule has 0 saturated carbocycles. The van der Waals surface area contributed by atoms with Crippen molar-refractivity contribution in [3.05, 3.63) is 45.5 Å². The van der Waals surface area contributed by atoms with Crippen LogP contribution in [0.4, 0.5) is 18.9 Å². The Kier molecular flexibility index (Phi) is 4.11. The quantitative estimate of drug-likeness (QED) is 0.432. The van der Waals surface area contributed by atoms with Crippen LogP contribution in [0.5, 0.6) is 0 Å². The second-order valence-corrected chi connectivity index (χ2v) is 8.08. The first-order valence-electron chi connectivity index (χ1n) is 6.94. The van der Waals surface area contributed by atoms with Crippen molar-refractivity contribution in [2.24, 2.45) is 0 Å². The molecule has 0 radical (unpaired) electrons. The number of non-ortho nitro benzene ring substituents is 1. The van der Waals surface area contributed by atoms with Gasteiger partial charge in [0.2, 0.25) is 0 Å². The minimum absolute atomic E-state index is 0.124. The van der Waals surface area contributed by atoms with Crippen LogP contribution < -0.4 is 0 Å². The van der Waals surface area contributed by atoms with Gasteiger partial charge in [0.15, 0.2) is 0 Å². The van der Waals surface area contributed by atoms with Gasteiger partial charge in [-0.05, 0) is 22.6 Å². The highest BCUT2D eigenvalue weighted by Gasteiger charge is 2.45. The molecule has 2 aromatic carbocycles. The van der Waals surface area contributed by atoms with Gasteiger partial charge in [0, 0.05) is 29.8 Å². The molecule has 1 heterocycles. The first kappa shape index (κ1) is 18.4. The van der Waals surface area contributed by atoms with Crippen LogP contribution in [0.1, 0.15) is 11.1 Å². The molecule has 12 heteroatoms. The molecule has 0 saturated heterocycles. The number of amides is 1. The van der Waals surface area contributed by atoms with Gasteiger partial charge in [0.25, 0.3) is 14.7 Å². The number of nitrogens with zero attached hydrogens (tertiary/aromatic N) is 2. The number of halogens is 4. The van der Waals surface area contributed by atoms with Crippen LogP contribution in [-0.2, 0) is 26.9 Å². The summed E-state index contributed by atoms with van der Waals surface area (Å²) in [7, 11) is 0.892. The summed E-state index contributed by atoms with van der Waals surface area (Å²) in [5.41, 5.74) is -0.570. The van der Waals surface area contributed by atoms with Crippen LogP contribution >= 0.6 is 10.7 Å². The molecule has 0 N–H and O–H groups in total. The number of benzene rings is 2. The lowest BCUT2D eigenvalue weighted by molar-refractivity contribution is -0.383. The average molecular weight is 409 g/mol. The molecule has 0 aromatic heterocycles. The van der Waals surface area contributed by atoms with E-state index in [0.717, 1.165) is 6.07 Å². The van der Waals surface area contributed by atoms with Gasteiger partial charge in [-0.15, -0.1) is 0 Å². The Balaban J connectivity index is 2.31. The molecule has 1 aliphatic rings. The van der Waals surface area contributed by atoms with Crippen LogP contribution in [-0.4, -0.2) is 30.3 Å². The molecule has 0 atom stereocenters. The molecular formula is C14H8ClF3N2O5S. The van der Waals surface area contributed by atoms with E-state index in [1.807, 2.05) is 0 Å². The number of nitro benzene ring substituents is 1. The molecule has 7 nitrogen and oxygen atoms in total. The van der Waals surface area contributed by atoms with E-state index in [2.05, 4.69) is 0 Å². The molecule has 1 amide bonds. The number of carbonyl (C=O) groups excluding carboxylic acids is 1. The highest BCUT2D eigenvalue weighted by Crippen LogP contribution is 2.41. The summed E-state index contributed by atoms with van der Waals surface area (Å²) in [6.45, 7) is -1.15. The first-order chi connectivity index (χ1) is 11.9. The van der Waals surface area contributed by atoms with Crippen molar-refractivity contribution in [2.75, 3.05) is 0 Å². The van der Waals surface area contributed by atoms with Crippen molar-refractivity contribution in [3.63, 3.8) is 0 Å². The fraction of sp³-hybridized carbons (Fsp3) is 0.214. The summed E-state index contributed by atoms with van der Waals surface area (Å²) in [4.78, 5) is 21.7. The molecule has 2 aromatic rings. The summed E-state index contributed by atoms with van der Waals surface area (Å²) in [6.07, 6.45) is -5.13. The summed E-state index contributed by atoms with van der Waals surface area (Å²) >= 11 is 0. The third kappa shape index (κ3) is 2.97. The average Bonchev–Trinajstić information content (AvgIpc) is 2.91. The number of nitro groups is 1. The van der Waals surface area contributed by atoms with Gasteiger partial charge in [0.05, 0.1) is 10.3 Å². The van der Waals surface area contributed by atoms with Crippen LogP contribution in [0, 0.1) is 10.1 Å². The van der Waals surface area contributed by atoms with Crippen LogP contribution in [0.15, 0.2) is 29.2 Å². The van der Waals surface area contributed by atoms with Crippen molar-refractivity contribution < 1.29 is 31.3 Å². The van der Waals surface area contributed by atoms with E-state index in [1.54, 1.807) is 0 Å². The van der Waals surface area contributed by atoms with E-state index in [-0.39, 0.29) is 21.9 Å². The lowest BCUT2D eigenvalue weighted by Crippen LogP contribution is -2.37. The number of alkyl halides is 3. The molecule has 3 rings (SSSR count). The molecular weight excluding hydrogens is 401 g/mol. The second-order valence-electron chi connectivity index (χ2n) is 5.57. The summed E-state index contributed by atoms with van der Waals surface area (Å²) in [5.74, 6) is -2.13. The maximum absolute atomic E-state index is 12.7. The summed E-state index contributed by atoms with van der Waals surface area (Å²) in [6, 6.07) is 5.08. The van der Waals surface area contributed by atoms with Crippen molar-refractivity contribution in [1.82, 2.24) is 4.90 Å². The number of fused-ring (bicyclic) bond motifs is 2. The lowest BCUT2D eigenvalue weighted by Gasteiger charge is -2.17. The Morgan fingerprint density at radius 3 is 2.46 bits per heavy atom. The van der Waals surface area contributed by atoms with Gasteiger partial charge in [-0.2, -0.15) is 13.2 Å². The Labute approximate surface area is 148 Å². The third-order valence-electron chi connectivity index (χ3n) is 3.97. The lowest BCUT2D eigenvalue weighted by atomic mass is 10.0. The highest BCUT2D eigenvalue weighted by atomic mass is 35.7. The molecule has 0 unspecified atom stereocenters. The number of hydrogen-bond donors (Lipinski definition) is 0. The minimum Gasteiger partial charge on any atom is -0.326 e. The van der Waals surface area contributed by atoms with Crippen molar-refractivity contribution >= 4 is 42.1 Å². The first-order valence-corrected chi connectivity index (χ1v) is 9.25. The monoisotopic (exact) mass is 408 g/mol.